The van der Waals surface area contributed by atoms with Crippen LogP contribution >= 0.6 is 0 Å². The van der Waals surface area contributed by atoms with E-state index in [-0.39, 0.29) is 6.79 Å². The molecule has 1 heterocycles. The minimum absolute atomic E-state index is 0.279. The summed E-state index contributed by atoms with van der Waals surface area (Å²) in [5.74, 6) is 2.25. The summed E-state index contributed by atoms with van der Waals surface area (Å²) in [6.45, 7) is 2.70. The predicted octanol–water partition coefficient (Wildman–Crippen LogP) is 1.16. The molecule has 0 atom stereocenters. The summed E-state index contributed by atoms with van der Waals surface area (Å²) in [6, 6.07) is 5.52. The average Bonchev–Trinajstić information content (AvgIpc) is 2.81. The summed E-state index contributed by atoms with van der Waals surface area (Å²) >= 11 is 0. The molecule has 0 aromatic heterocycles. The van der Waals surface area contributed by atoms with Gasteiger partial charge in [-0.15, -0.1) is 0 Å². The van der Waals surface area contributed by atoms with Crippen molar-refractivity contribution >= 4 is 0 Å². The molecule has 2 N–H and O–H groups in total. The predicted molar refractivity (Wildman–Crippen MR) is 62.6 cm³/mol. The van der Waals surface area contributed by atoms with E-state index in [1.807, 2.05) is 18.2 Å². The molecule has 0 spiro atoms. The molecule has 0 amide bonds. The SMILES string of the molecule is NCCCOCCOc1ccc2c(c1)OCO2. The number of nitrogens with two attached hydrogens (primary N) is 1. The standard InChI is InChI=1S/C12H17NO4/c13-4-1-5-14-6-7-15-10-2-3-11-12(8-10)17-9-16-11/h2-3,8H,1,4-7,9,13H2. The van der Waals surface area contributed by atoms with Crippen molar-refractivity contribution in [3.8, 4) is 17.2 Å². The van der Waals surface area contributed by atoms with Gasteiger partial charge in [-0.3, -0.25) is 0 Å². The van der Waals surface area contributed by atoms with Crippen molar-refractivity contribution in [3.63, 3.8) is 0 Å². The number of ether oxygens (including phenoxy) is 4. The number of hydrogen-bond donors (Lipinski definition) is 1. The molecule has 94 valence electrons. The normalized spacial score (nSPS) is 12.8. The van der Waals surface area contributed by atoms with Crippen LogP contribution < -0.4 is 19.9 Å². The Kier molecular flexibility index (Phi) is 4.46. The van der Waals surface area contributed by atoms with Gasteiger partial charge in [0.1, 0.15) is 12.4 Å². The fourth-order valence-electron chi connectivity index (χ4n) is 1.47. The Hall–Kier alpha value is -1.46. The molecule has 0 saturated carbocycles. The third-order valence-corrected chi connectivity index (χ3v) is 2.33. The van der Waals surface area contributed by atoms with Gasteiger partial charge in [-0.25, -0.2) is 0 Å². The van der Waals surface area contributed by atoms with Crippen LogP contribution in [0.5, 0.6) is 17.2 Å². The molecule has 1 aromatic carbocycles. The van der Waals surface area contributed by atoms with E-state index in [1.165, 1.54) is 0 Å². The van der Waals surface area contributed by atoms with Crippen LogP contribution in [0.15, 0.2) is 18.2 Å². The molecular weight excluding hydrogens is 222 g/mol. The highest BCUT2D eigenvalue weighted by molar-refractivity contribution is 5.46. The first kappa shape index (κ1) is 12.0. The second-order valence-corrected chi connectivity index (χ2v) is 3.62. The Labute approximate surface area is 100 Å². The van der Waals surface area contributed by atoms with Gasteiger partial charge in [0.05, 0.1) is 6.61 Å². The lowest BCUT2D eigenvalue weighted by Crippen LogP contribution is -2.10. The molecule has 5 heteroatoms. The van der Waals surface area contributed by atoms with Crippen LogP contribution in [0.3, 0.4) is 0 Å². The first-order valence-corrected chi connectivity index (χ1v) is 5.70. The zero-order valence-electron chi connectivity index (χ0n) is 9.69. The molecule has 0 saturated heterocycles. The smallest absolute Gasteiger partial charge is 0.231 e. The zero-order valence-corrected chi connectivity index (χ0v) is 9.69. The van der Waals surface area contributed by atoms with Gasteiger partial charge in [0.25, 0.3) is 0 Å². The lowest BCUT2D eigenvalue weighted by Gasteiger charge is -2.07. The topological polar surface area (TPSA) is 62.9 Å². The van der Waals surface area contributed by atoms with Crippen LogP contribution in [-0.2, 0) is 4.74 Å². The summed E-state index contributed by atoms with van der Waals surface area (Å²) in [4.78, 5) is 0. The van der Waals surface area contributed by atoms with E-state index in [4.69, 9.17) is 24.7 Å². The highest BCUT2D eigenvalue weighted by atomic mass is 16.7. The largest absolute Gasteiger partial charge is 0.491 e. The molecular formula is C12H17NO4. The quantitative estimate of drug-likeness (QED) is 0.723. The zero-order chi connectivity index (χ0) is 11.9. The van der Waals surface area contributed by atoms with Crippen molar-refractivity contribution in [2.45, 2.75) is 6.42 Å². The van der Waals surface area contributed by atoms with Crippen LogP contribution in [0.25, 0.3) is 0 Å². The third-order valence-electron chi connectivity index (χ3n) is 2.33. The Balaban J connectivity index is 1.69. The van der Waals surface area contributed by atoms with Crippen LogP contribution in [0.4, 0.5) is 0 Å². The highest BCUT2D eigenvalue weighted by Crippen LogP contribution is 2.34. The molecule has 2 rings (SSSR count). The van der Waals surface area contributed by atoms with E-state index in [2.05, 4.69) is 0 Å². The molecule has 0 aliphatic carbocycles. The van der Waals surface area contributed by atoms with E-state index >= 15 is 0 Å². The van der Waals surface area contributed by atoms with Crippen molar-refractivity contribution in [2.75, 3.05) is 33.2 Å². The summed E-state index contributed by atoms with van der Waals surface area (Å²) in [7, 11) is 0. The number of benzene rings is 1. The second-order valence-electron chi connectivity index (χ2n) is 3.62. The Bertz CT molecular complexity index is 356. The van der Waals surface area contributed by atoms with Gasteiger partial charge in [0.15, 0.2) is 11.5 Å². The Morgan fingerprint density at radius 2 is 2.00 bits per heavy atom. The van der Waals surface area contributed by atoms with Gasteiger partial charge < -0.3 is 24.7 Å². The first-order valence-electron chi connectivity index (χ1n) is 5.70. The molecule has 1 aliphatic rings. The van der Waals surface area contributed by atoms with Crippen molar-refractivity contribution in [2.24, 2.45) is 5.73 Å². The van der Waals surface area contributed by atoms with Crippen LogP contribution in [0.1, 0.15) is 6.42 Å². The van der Waals surface area contributed by atoms with Crippen molar-refractivity contribution in [3.05, 3.63) is 18.2 Å². The van der Waals surface area contributed by atoms with Crippen molar-refractivity contribution in [1.29, 1.82) is 0 Å². The summed E-state index contributed by atoms with van der Waals surface area (Å²) in [5.41, 5.74) is 5.35. The first-order chi connectivity index (χ1) is 8.40. The average molecular weight is 239 g/mol. The monoisotopic (exact) mass is 239 g/mol. The van der Waals surface area contributed by atoms with Crippen LogP contribution in [0.2, 0.25) is 0 Å². The van der Waals surface area contributed by atoms with Gasteiger partial charge >= 0.3 is 0 Å². The maximum Gasteiger partial charge on any atom is 0.231 e. The van der Waals surface area contributed by atoms with Gasteiger partial charge in [-0.2, -0.15) is 0 Å². The van der Waals surface area contributed by atoms with Crippen molar-refractivity contribution < 1.29 is 18.9 Å². The number of hydrogen-bond acceptors (Lipinski definition) is 5. The molecule has 0 bridgehead atoms. The van der Waals surface area contributed by atoms with E-state index in [9.17, 15) is 0 Å². The lowest BCUT2D eigenvalue weighted by molar-refractivity contribution is 0.0994. The van der Waals surface area contributed by atoms with E-state index < -0.39 is 0 Å². The maximum absolute atomic E-state index is 5.52. The third kappa shape index (κ3) is 3.51. The maximum atomic E-state index is 5.52. The van der Waals surface area contributed by atoms with Crippen LogP contribution in [-0.4, -0.2) is 33.2 Å². The minimum Gasteiger partial charge on any atom is -0.491 e. The van der Waals surface area contributed by atoms with Gasteiger partial charge in [0, 0.05) is 12.7 Å². The fourth-order valence-corrected chi connectivity index (χ4v) is 1.47. The summed E-state index contributed by atoms with van der Waals surface area (Å²) in [6.07, 6.45) is 0.879. The Morgan fingerprint density at radius 3 is 2.88 bits per heavy atom. The van der Waals surface area contributed by atoms with E-state index in [0.717, 1.165) is 23.7 Å². The van der Waals surface area contributed by atoms with Gasteiger partial charge in [0.2, 0.25) is 6.79 Å². The van der Waals surface area contributed by atoms with Crippen molar-refractivity contribution in [1.82, 2.24) is 0 Å². The van der Waals surface area contributed by atoms with E-state index in [0.29, 0.717) is 26.4 Å². The van der Waals surface area contributed by atoms with Gasteiger partial charge in [-0.1, -0.05) is 0 Å². The number of fused-ring (bicyclic) bond motifs is 1. The summed E-state index contributed by atoms with van der Waals surface area (Å²) in [5, 5.41) is 0. The van der Waals surface area contributed by atoms with Crippen LogP contribution in [0, 0.1) is 0 Å². The molecule has 0 unspecified atom stereocenters. The molecule has 1 aliphatic heterocycles. The second kappa shape index (κ2) is 6.32. The molecule has 0 fully saturated rings. The lowest BCUT2D eigenvalue weighted by atomic mass is 10.3. The summed E-state index contributed by atoms with van der Waals surface area (Å²) < 4.78 is 21.3. The fraction of sp³-hybridized carbons (Fsp3) is 0.500. The molecule has 17 heavy (non-hydrogen) atoms. The highest BCUT2D eigenvalue weighted by Gasteiger charge is 2.13. The van der Waals surface area contributed by atoms with E-state index in [1.54, 1.807) is 0 Å². The Morgan fingerprint density at radius 1 is 1.12 bits per heavy atom. The number of rotatable bonds is 7. The minimum atomic E-state index is 0.279. The molecule has 5 nitrogen and oxygen atoms in total. The molecule has 1 aromatic rings. The molecule has 0 radical (unpaired) electrons. The van der Waals surface area contributed by atoms with Gasteiger partial charge in [-0.05, 0) is 25.1 Å².